The van der Waals surface area contributed by atoms with Crippen LogP contribution < -0.4 is 4.90 Å². The molecule has 2 aliphatic heterocycles. The van der Waals surface area contributed by atoms with Crippen LogP contribution in [0, 0.1) is 12.7 Å². The van der Waals surface area contributed by atoms with Gasteiger partial charge in [-0.15, -0.1) is 0 Å². The number of hydrogen-bond acceptors (Lipinski definition) is 6. The average molecular weight is 504 g/mol. The van der Waals surface area contributed by atoms with Gasteiger partial charge in [0, 0.05) is 61.9 Å². The van der Waals surface area contributed by atoms with Crippen LogP contribution in [0.25, 0.3) is 33.5 Å². The van der Waals surface area contributed by atoms with Crippen molar-refractivity contribution in [3.05, 3.63) is 48.3 Å². The van der Waals surface area contributed by atoms with Gasteiger partial charge in [-0.2, -0.15) is 5.10 Å². The lowest BCUT2D eigenvalue weighted by Gasteiger charge is -2.31. The third-order valence-electron chi connectivity index (χ3n) is 7.76. The SMILES string of the molecule is CCN1CCC(n2cc(-c3c[nH]c4ncc(-c5cc(C)c(N6CCCOCC6)c(F)c5)nc34)cn2)CC1. The molecule has 0 aliphatic carbocycles. The Bertz CT molecular complexity index is 1360. The first-order valence-corrected chi connectivity index (χ1v) is 13.3. The molecule has 1 N–H and O–H groups in total. The van der Waals surface area contributed by atoms with E-state index in [1.165, 1.54) is 0 Å². The van der Waals surface area contributed by atoms with Gasteiger partial charge in [0.2, 0.25) is 0 Å². The number of fused-ring (bicyclic) bond motifs is 1. The number of likely N-dealkylation sites (tertiary alicyclic amines) is 1. The molecule has 0 spiro atoms. The van der Waals surface area contributed by atoms with Gasteiger partial charge in [0.15, 0.2) is 5.65 Å². The van der Waals surface area contributed by atoms with Crippen molar-refractivity contribution in [2.75, 3.05) is 50.8 Å². The first-order chi connectivity index (χ1) is 18.1. The Morgan fingerprint density at radius 1 is 1.08 bits per heavy atom. The van der Waals surface area contributed by atoms with Gasteiger partial charge in [-0.1, -0.05) is 6.92 Å². The maximum atomic E-state index is 15.4. The number of halogens is 1. The molecule has 0 atom stereocenters. The summed E-state index contributed by atoms with van der Waals surface area (Å²) in [5, 5.41) is 4.69. The summed E-state index contributed by atoms with van der Waals surface area (Å²) in [5.74, 6) is -0.233. The van der Waals surface area contributed by atoms with Crippen LogP contribution in [0.3, 0.4) is 0 Å². The van der Waals surface area contributed by atoms with Gasteiger partial charge in [-0.05, 0) is 50.4 Å². The molecule has 0 bridgehead atoms. The number of hydrogen-bond donors (Lipinski definition) is 1. The molecule has 3 aromatic heterocycles. The number of aromatic amines is 1. The molecule has 0 saturated carbocycles. The van der Waals surface area contributed by atoms with E-state index in [1.807, 2.05) is 25.4 Å². The molecule has 8 nitrogen and oxygen atoms in total. The van der Waals surface area contributed by atoms with Gasteiger partial charge in [-0.25, -0.2) is 14.4 Å². The number of rotatable bonds is 5. The van der Waals surface area contributed by atoms with E-state index in [2.05, 4.69) is 37.6 Å². The van der Waals surface area contributed by atoms with Crippen LogP contribution in [0.4, 0.5) is 10.1 Å². The fourth-order valence-electron chi connectivity index (χ4n) is 5.68. The maximum absolute atomic E-state index is 15.4. The van der Waals surface area contributed by atoms with Crippen LogP contribution in [0.2, 0.25) is 0 Å². The largest absolute Gasteiger partial charge is 0.380 e. The second-order valence-corrected chi connectivity index (χ2v) is 10.1. The highest BCUT2D eigenvalue weighted by atomic mass is 19.1. The van der Waals surface area contributed by atoms with E-state index in [0.29, 0.717) is 36.2 Å². The quantitative estimate of drug-likeness (QED) is 0.421. The van der Waals surface area contributed by atoms with E-state index < -0.39 is 0 Å². The highest BCUT2D eigenvalue weighted by molar-refractivity contribution is 5.91. The van der Waals surface area contributed by atoms with E-state index in [0.717, 1.165) is 79.8 Å². The van der Waals surface area contributed by atoms with Crippen molar-refractivity contribution in [3.63, 3.8) is 0 Å². The lowest BCUT2D eigenvalue weighted by molar-refractivity contribution is 0.152. The number of piperidine rings is 1. The summed E-state index contributed by atoms with van der Waals surface area (Å²) in [6, 6.07) is 4.01. The number of nitrogens with zero attached hydrogens (tertiary/aromatic N) is 6. The van der Waals surface area contributed by atoms with Gasteiger partial charge in [0.25, 0.3) is 0 Å². The number of nitrogens with one attached hydrogen (secondary N) is 1. The Hall–Kier alpha value is -3.30. The third kappa shape index (κ3) is 4.73. The molecule has 0 unspecified atom stereocenters. The van der Waals surface area contributed by atoms with Crippen LogP contribution in [0.15, 0.2) is 36.9 Å². The molecule has 194 valence electrons. The molecule has 5 heterocycles. The van der Waals surface area contributed by atoms with Crippen molar-refractivity contribution >= 4 is 16.9 Å². The first-order valence-electron chi connectivity index (χ1n) is 13.3. The van der Waals surface area contributed by atoms with Crippen LogP contribution in [-0.4, -0.2) is 75.6 Å². The molecule has 2 aliphatic rings. The van der Waals surface area contributed by atoms with E-state index in [-0.39, 0.29) is 5.82 Å². The number of aryl methyl sites for hydroxylation is 1. The summed E-state index contributed by atoms with van der Waals surface area (Å²) in [6.07, 6.45) is 10.8. The van der Waals surface area contributed by atoms with Gasteiger partial charge in [-0.3, -0.25) is 4.68 Å². The molecule has 2 fully saturated rings. The smallest absolute Gasteiger partial charge is 0.156 e. The van der Waals surface area contributed by atoms with E-state index in [1.54, 1.807) is 12.3 Å². The summed E-state index contributed by atoms with van der Waals surface area (Å²) in [4.78, 5) is 17.3. The molecule has 6 rings (SSSR count). The Labute approximate surface area is 216 Å². The van der Waals surface area contributed by atoms with E-state index in [4.69, 9.17) is 14.8 Å². The Morgan fingerprint density at radius 2 is 1.95 bits per heavy atom. The monoisotopic (exact) mass is 503 g/mol. The molecular formula is C28H34FN7O. The molecule has 9 heteroatoms. The van der Waals surface area contributed by atoms with E-state index >= 15 is 4.39 Å². The van der Waals surface area contributed by atoms with Gasteiger partial charge in [0.1, 0.15) is 11.3 Å². The second kappa shape index (κ2) is 10.2. The summed E-state index contributed by atoms with van der Waals surface area (Å²) in [7, 11) is 0. The van der Waals surface area contributed by atoms with Crippen LogP contribution in [0.1, 0.15) is 37.8 Å². The predicted octanol–water partition coefficient (Wildman–Crippen LogP) is 4.82. The molecule has 1 aromatic carbocycles. The lowest BCUT2D eigenvalue weighted by Crippen LogP contribution is -2.34. The van der Waals surface area contributed by atoms with Crippen LogP contribution >= 0.6 is 0 Å². The minimum Gasteiger partial charge on any atom is -0.380 e. The van der Waals surface area contributed by atoms with Gasteiger partial charge < -0.3 is 19.5 Å². The molecule has 37 heavy (non-hydrogen) atoms. The van der Waals surface area contributed by atoms with Crippen molar-refractivity contribution in [2.24, 2.45) is 0 Å². The van der Waals surface area contributed by atoms with Gasteiger partial charge >= 0.3 is 0 Å². The highest BCUT2D eigenvalue weighted by Gasteiger charge is 2.22. The van der Waals surface area contributed by atoms with Crippen LogP contribution in [0.5, 0.6) is 0 Å². The number of anilines is 1. The average Bonchev–Trinajstić information content (AvgIpc) is 3.48. The zero-order chi connectivity index (χ0) is 25.4. The lowest BCUT2D eigenvalue weighted by atomic mass is 10.0. The van der Waals surface area contributed by atoms with Crippen molar-refractivity contribution in [3.8, 4) is 22.4 Å². The van der Waals surface area contributed by atoms with Crippen molar-refractivity contribution < 1.29 is 9.13 Å². The number of H-pyrrole nitrogens is 1. The van der Waals surface area contributed by atoms with Crippen molar-refractivity contribution in [2.45, 2.75) is 39.2 Å². The summed E-state index contributed by atoms with van der Waals surface area (Å²) in [6.45, 7) is 10.3. The standard InChI is InChI=1S/C28H34FN7O/c1-3-34-8-5-22(6-9-34)36-18-21(15-32-36)23-16-30-28-26(23)33-25(17-31-28)20-13-19(2)27(24(29)14-20)35-7-4-11-37-12-10-35/h13-18,22H,3-12H2,1-2H3,(H,30,31). The minimum absolute atomic E-state index is 0.233. The van der Waals surface area contributed by atoms with E-state index in [9.17, 15) is 0 Å². The Morgan fingerprint density at radius 3 is 2.76 bits per heavy atom. The van der Waals surface area contributed by atoms with Gasteiger partial charge in [0.05, 0.1) is 36.4 Å². The molecule has 4 aromatic rings. The summed E-state index contributed by atoms with van der Waals surface area (Å²) in [5.41, 5.74) is 6.37. The minimum atomic E-state index is -0.233. The summed E-state index contributed by atoms with van der Waals surface area (Å²) >= 11 is 0. The topological polar surface area (TPSA) is 75.1 Å². The maximum Gasteiger partial charge on any atom is 0.156 e. The highest BCUT2D eigenvalue weighted by Crippen LogP contribution is 2.33. The fourth-order valence-corrected chi connectivity index (χ4v) is 5.68. The predicted molar refractivity (Wildman–Crippen MR) is 143 cm³/mol. The molecule has 0 radical (unpaired) electrons. The first kappa shape index (κ1) is 24.1. The number of benzene rings is 1. The Kier molecular flexibility index (Phi) is 6.65. The zero-order valence-corrected chi connectivity index (χ0v) is 21.6. The van der Waals surface area contributed by atoms with Crippen molar-refractivity contribution in [1.82, 2.24) is 29.6 Å². The normalized spacial score (nSPS) is 18.0. The zero-order valence-electron chi connectivity index (χ0n) is 21.6. The summed E-state index contributed by atoms with van der Waals surface area (Å²) < 4.78 is 23.0. The van der Waals surface area contributed by atoms with Crippen LogP contribution in [-0.2, 0) is 4.74 Å². The number of ether oxygens (including phenoxy) is 1. The molecule has 0 amide bonds. The molecule has 2 saturated heterocycles. The number of aromatic nitrogens is 5. The third-order valence-corrected chi connectivity index (χ3v) is 7.76. The Balaban J connectivity index is 1.29. The molecular weight excluding hydrogens is 469 g/mol. The second-order valence-electron chi connectivity index (χ2n) is 10.1. The fraction of sp³-hybridized carbons (Fsp3) is 0.464. The van der Waals surface area contributed by atoms with Crippen molar-refractivity contribution in [1.29, 1.82) is 0 Å².